The van der Waals surface area contributed by atoms with Crippen LogP contribution in [0, 0.1) is 13.8 Å². The number of nitrogens with one attached hydrogen (secondary N) is 1. The molecule has 1 amide bonds. The molecular weight excluding hydrogens is 268 g/mol. The van der Waals surface area contributed by atoms with Crippen LogP contribution in [0.1, 0.15) is 35.0 Å². The van der Waals surface area contributed by atoms with E-state index in [1.165, 1.54) is 4.90 Å². The quantitative estimate of drug-likeness (QED) is 0.888. The van der Waals surface area contributed by atoms with Gasteiger partial charge in [-0.05, 0) is 44.0 Å². The summed E-state index contributed by atoms with van der Waals surface area (Å²) < 4.78 is 0. The second kappa shape index (κ2) is 5.99. The molecule has 2 N–H and O–H groups in total. The minimum atomic E-state index is -0.994. The van der Waals surface area contributed by atoms with E-state index >= 15 is 0 Å². The number of hydrogen-bond donors (Lipinski definition) is 2. The SMILES string of the molecule is CCCN(CC(=O)O)C(=O)c1ccc2[nH]c(C)c(C)c2c1. The van der Waals surface area contributed by atoms with Crippen LogP contribution in [0.2, 0.25) is 0 Å². The monoisotopic (exact) mass is 288 g/mol. The number of aromatic nitrogens is 1. The predicted octanol–water partition coefficient (Wildman–Crippen LogP) is 2.72. The van der Waals surface area contributed by atoms with Gasteiger partial charge in [-0.2, -0.15) is 0 Å². The first-order chi connectivity index (χ1) is 9.93. The van der Waals surface area contributed by atoms with Gasteiger partial charge < -0.3 is 15.0 Å². The van der Waals surface area contributed by atoms with Crippen LogP contribution in [0.3, 0.4) is 0 Å². The Labute approximate surface area is 123 Å². The number of fused-ring (bicyclic) bond motifs is 1. The molecule has 0 aliphatic carbocycles. The Bertz CT molecular complexity index is 688. The van der Waals surface area contributed by atoms with Crippen molar-refractivity contribution in [2.24, 2.45) is 0 Å². The Kier molecular flexibility index (Phi) is 4.31. The van der Waals surface area contributed by atoms with Gasteiger partial charge in [0.15, 0.2) is 0 Å². The van der Waals surface area contributed by atoms with Crippen molar-refractivity contribution in [2.75, 3.05) is 13.1 Å². The number of nitrogens with zero attached hydrogens (tertiary/aromatic N) is 1. The number of hydrogen-bond acceptors (Lipinski definition) is 2. The molecule has 0 bridgehead atoms. The van der Waals surface area contributed by atoms with Gasteiger partial charge in [-0.1, -0.05) is 6.92 Å². The van der Waals surface area contributed by atoms with Crippen molar-refractivity contribution < 1.29 is 14.7 Å². The molecule has 1 aromatic heterocycles. The van der Waals surface area contributed by atoms with Crippen molar-refractivity contribution in [1.29, 1.82) is 0 Å². The van der Waals surface area contributed by atoms with E-state index in [9.17, 15) is 9.59 Å². The molecule has 2 aromatic rings. The molecule has 21 heavy (non-hydrogen) atoms. The topological polar surface area (TPSA) is 73.4 Å². The van der Waals surface area contributed by atoms with Crippen molar-refractivity contribution >= 4 is 22.8 Å². The number of carboxylic acid groups (broad SMARTS) is 1. The number of H-pyrrole nitrogens is 1. The van der Waals surface area contributed by atoms with E-state index in [1.54, 1.807) is 6.07 Å². The minimum absolute atomic E-state index is 0.237. The highest BCUT2D eigenvalue weighted by Gasteiger charge is 2.18. The molecule has 5 nitrogen and oxygen atoms in total. The number of amides is 1. The highest BCUT2D eigenvalue weighted by molar-refractivity contribution is 6.00. The zero-order valence-electron chi connectivity index (χ0n) is 12.6. The molecule has 0 saturated carbocycles. The van der Waals surface area contributed by atoms with E-state index in [-0.39, 0.29) is 12.5 Å². The van der Waals surface area contributed by atoms with Crippen molar-refractivity contribution in [3.05, 3.63) is 35.0 Å². The lowest BCUT2D eigenvalue weighted by atomic mass is 10.1. The molecule has 0 unspecified atom stereocenters. The fraction of sp³-hybridized carbons (Fsp3) is 0.375. The van der Waals surface area contributed by atoms with Crippen molar-refractivity contribution in [2.45, 2.75) is 27.2 Å². The number of carbonyl (C=O) groups is 2. The molecule has 1 aromatic carbocycles. The fourth-order valence-electron chi connectivity index (χ4n) is 2.46. The normalized spacial score (nSPS) is 10.8. The fourth-order valence-corrected chi connectivity index (χ4v) is 2.46. The third-order valence-corrected chi connectivity index (χ3v) is 3.66. The summed E-state index contributed by atoms with van der Waals surface area (Å²) in [6, 6.07) is 5.44. The van der Waals surface area contributed by atoms with Gasteiger partial charge in [0.1, 0.15) is 6.54 Å². The second-order valence-electron chi connectivity index (χ2n) is 5.26. The molecule has 5 heteroatoms. The zero-order chi connectivity index (χ0) is 15.6. The van der Waals surface area contributed by atoms with Gasteiger partial charge in [0.2, 0.25) is 0 Å². The predicted molar refractivity (Wildman–Crippen MR) is 81.6 cm³/mol. The maximum atomic E-state index is 12.5. The van der Waals surface area contributed by atoms with Gasteiger partial charge in [0.05, 0.1) is 0 Å². The highest BCUT2D eigenvalue weighted by atomic mass is 16.4. The van der Waals surface area contributed by atoms with Crippen LogP contribution in [0.15, 0.2) is 18.2 Å². The Morgan fingerprint density at radius 2 is 2.00 bits per heavy atom. The highest BCUT2D eigenvalue weighted by Crippen LogP contribution is 2.23. The average Bonchev–Trinajstić information content (AvgIpc) is 2.72. The van der Waals surface area contributed by atoms with E-state index in [0.717, 1.165) is 28.6 Å². The summed E-state index contributed by atoms with van der Waals surface area (Å²) in [4.78, 5) is 28.0. The van der Waals surface area contributed by atoms with Crippen LogP contribution in [0.25, 0.3) is 10.9 Å². The summed E-state index contributed by atoms with van der Waals surface area (Å²) in [6.45, 7) is 6.09. The first kappa shape index (κ1) is 15.1. The smallest absolute Gasteiger partial charge is 0.323 e. The molecule has 0 aliphatic rings. The number of aliphatic carboxylic acids is 1. The van der Waals surface area contributed by atoms with E-state index in [0.29, 0.717) is 12.1 Å². The zero-order valence-corrected chi connectivity index (χ0v) is 12.6. The largest absolute Gasteiger partial charge is 0.480 e. The van der Waals surface area contributed by atoms with Crippen LogP contribution in [-0.2, 0) is 4.79 Å². The molecule has 0 radical (unpaired) electrons. The number of rotatable bonds is 5. The maximum absolute atomic E-state index is 12.5. The Morgan fingerprint density at radius 1 is 1.29 bits per heavy atom. The second-order valence-corrected chi connectivity index (χ2v) is 5.26. The molecule has 2 rings (SSSR count). The van der Waals surface area contributed by atoms with E-state index < -0.39 is 5.97 Å². The molecule has 0 spiro atoms. The standard InChI is InChI=1S/C16H20N2O3/c1-4-7-18(9-15(19)20)16(21)12-5-6-14-13(8-12)10(2)11(3)17-14/h5-6,8,17H,4,7,9H2,1-3H3,(H,19,20). The van der Waals surface area contributed by atoms with Crippen molar-refractivity contribution in [1.82, 2.24) is 9.88 Å². The van der Waals surface area contributed by atoms with Gasteiger partial charge in [-0.3, -0.25) is 9.59 Å². The van der Waals surface area contributed by atoms with E-state index in [4.69, 9.17) is 5.11 Å². The van der Waals surface area contributed by atoms with Gasteiger partial charge >= 0.3 is 5.97 Å². The molecule has 0 fully saturated rings. The average molecular weight is 288 g/mol. The van der Waals surface area contributed by atoms with Crippen molar-refractivity contribution in [3.63, 3.8) is 0 Å². The lowest BCUT2D eigenvalue weighted by Gasteiger charge is -2.20. The Hall–Kier alpha value is -2.30. The molecule has 0 saturated heterocycles. The van der Waals surface area contributed by atoms with Crippen LogP contribution in [0.5, 0.6) is 0 Å². The lowest BCUT2D eigenvalue weighted by molar-refractivity contribution is -0.137. The third-order valence-electron chi connectivity index (χ3n) is 3.66. The first-order valence-electron chi connectivity index (χ1n) is 7.04. The van der Waals surface area contributed by atoms with Gasteiger partial charge in [0.25, 0.3) is 5.91 Å². The summed E-state index contributed by atoms with van der Waals surface area (Å²) >= 11 is 0. The molecule has 1 heterocycles. The Balaban J connectivity index is 2.36. The number of aryl methyl sites for hydroxylation is 2. The van der Waals surface area contributed by atoms with E-state index in [1.807, 2.05) is 32.9 Å². The number of aromatic amines is 1. The van der Waals surface area contributed by atoms with Crippen LogP contribution >= 0.6 is 0 Å². The summed E-state index contributed by atoms with van der Waals surface area (Å²) in [5.74, 6) is -1.23. The number of carbonyl (C=O) groups excluding carboxylic acids is 1. The van der Waals surface area contributed by atoms with Crippen molar-refractivity contribution in [3.8, 4) is 0 Å². The minimum Gasteiger partial charge on any atom is -0.480 e. The molecular formula is C16H20N2O3. The number of carboxylic acids is 1. The summed E-state index contributed by atoms with van der Waals surface area (Å²) in [5, 5.41) is 9.93. The molecule has 0 aliphatic heterocycles. The summed E-state index contributed by atoms with van der Waals surface area (Å²) in [6.07, 6.45) is 0.726. The number of benzene rings is 1. The summed E-state index contributed by atoms with van der Waals surface area (Å²) in [7, 11) is 0. The van der Waals surface area contributed by atoms with Gasteiger partial charge in [0, 0.05) is 28.7 Å². The first-order valence-corrected chi connectivity index (χ1v) is 7.04. The summed E-state index contributed by atoms with van der Waals surface area (Å²) in [5.41, 5.74) is 3.70. The van der Waals surface area contributed by atoms with Gasteiger partial charge in [-0.15, -0.1) is 0 Å². The van der Waals surface area contributed by atoms with Crippen LogP contribution in [0.4, 0.5) is 0 Å². The van der Waals surface area contributed by atoms with Gasteiger partial charge in [-0.25, -0.2) is 0 Å². The van der Waals surface area contributed by atoms with Crippen LogP contribution < -0.4 is 0 Å². The molecule has 0 atom stereocenters. The third kappa shape index (κ3) is 3.07. The van der Waals surface area contributed by atoms with E-state index in [2.05, 4.69) is 4.98 Å². The Morgan fingerprint density at radius 3 is 2.62 bits per heavy atom. The van der Waals surface area contributed by atoms with Crippen LogP contribution in [-0.4, -0.2) is 40.0 Å². The molecule has 112 valence electrons. The maximum Gasteiger partial charge on any atom is 0.323 e. The lowest BCUT2D eigenvalue weighted by Crippen LogP contribution is -2.36.